The van der Waals surface area contributed by atoms with Crippen molar-refractivity contribution in [2.75, 3.05) is 27.7 Å². The van der Waals surface area contributed by atoms with Crippen molar-refractivity contribution in [1.29, 1.82) is 0 Å². The van der Waals surface area contributed by atoms with Crippen molar-refractivity contribution >= 4 is 7.60 Å². The maximum absolute atomic E-state index is 11.8. The molecule has 3 N–H and O–H groups in total. The monoisotopic (exact) mass is 504 g/mol. The van der Waals surface area contributed by atoms with Crippen molar-refractivity contribution in [3.8, 4) is 0 Å². The minimum atomic E-state index is -4.55. The Morgan fingerprint density at radius 1 is 0.647 bits per heavy atom. The highest BCUT2D eigenvalue weighted by molar-refractivity contribution is 7.53. The lowest BCUT2D eigenvalue weighted by Crippen LogP contribution is -2.49. The van der Waals surface area contributed by atoms with Crippen LogP contribution in [0.3, 0.4) is 0 Å². The minimum absolute atomic E-state index is 0.0568. The third-order valence-electron chi connectivity index (χ3n) is 6.61. The average molecular weight is 505 g/mol. The molecule has 0 radical (unpaired) electrons. The fourth-order valence-electron chi connectivity index (χ4n) is 4.62. The van der Waals surface area contributed by atoms with Crippen LogP contribution in [0.15, 0.2) is 12.2 Å². The molecule has 1 atom stereocenters. The van der Waals surface area contributed by atoms with Gasteiger partial charge in [0.25, 0.3) is 0 Å². The lowest BCUT2D eigenvalue weighted by Gasteiger charge is -2.35. The Kier molecular flexibility index (Phi) is 19.8. The minimum Gasteiger partial charge on any atom is -0.373 e. The molecular formula is C28H59NO4P+. The Morgan fingerprint density at radius 2 is 1.00 bits per heavy atom. The van der Waals surface area contributed by atoms with E-state index in [0.29, 0.717) is 10.9 Å². The molecule has 0 rings (SSSR count). The van der Waals surface area contributed by atoms with E-state index in [1.165, 1.54) is 83.5 Å². The summed E-state index contributed by atoms with van der Waals surface area (Å²) >= 11 is 0. The van der Waals surface area contributed by atoms with Gasteiger partial charge in [-0.15, -0.1) is 0 Å². The summed E-state index contributed by atoms with van der Waals surface area (Å²) in [6, 6.07) is 0. The van der Waals surface area contributed by atoms with Gasteiger partial charge in [0.1, 0.15) is 6.54 Å². The lowest BCUT2D eigenvalue weighted by molar-refractivity contribution is -0.875. The summed E-state index contributed by atoms with van der Waals surface area (Å²) in [5.74, 6) is 0. The predicted molar refractivity (Wildman–Crippen MR) is 147 cm³/mol. The fourth-order valence-corrected chi connectivity index (χ4v) is 5.67. The number of nitrogens with zero attached hydrogens (tertiary/aromatic N) is 1. The molecule has 0 saturated carbocycles. The molecule has 204 valence electrons. The molecule has 0 aliphatic rings. The summed E-state index contributed by atoms with van der Waals surface area (Å²) in [7, 11) is 0.969. The van der Waals surface area contributed by atoms with Crippen LogP contribution in [-0.4, -0.2) is 52.4 Å². The van der Waals surface area contributed by atoms with Crippen molar-refractivity contribution < 1.29 is 23.9 Å². The molecule has 0 aromatic carbocycles. The Bertz CT molecular complexity index is 541. The number of hydrogen-bond acceptors (Lipinski definition) is 2. The van der Waals surface area contributed by atoms with Gasteiger partial charge in [0.05, 0.1) is 21.1 Å². The zero-order valence-corrected chi connectivity index (χ0v) is 24.0. The molecule has 0 aromatic rings. The van der Waals surface area contributed by atoms with Crippen LogP contribution in [-0.2, 0) is 4.57 Å². The number of quaternary nitrogens is 1. The van der Waals surface area contributed by atoms with Gasteiger partial charge in [0.15, 0.2) is 0 Å². The first kappa shape index (κ1) is 33.8. The number of likely N-dealkylation sites (N-methyl/N-ethyl adjacent to an activating group) is 1. The SMILES string of the molecule is CCCCCCCCCCCCCC/C=C\CCCCCCCC(O)(C[N+](C)(C)C)P(=O)(O)O. The Hall–Kier alpha value is -0.190. The third-order valence-corrected chi connectivity index (χ3v) is 8.06. The van der Waals surface area contributed by atoms with Crippen LogP contribution in [0.2, 0.25) is 0 Å². The Labute approximate surface area is 212 Å². The van der Waals surface area contributed by atoms with Crippen molar-refractivity contribution in [1.82, 2.24) is 0 Å². The quantitative estimate of drug-likeness (QED) is 0.0539. The van der Waals surface area contributed by atoms with Crippen molar-refractivity contribution in [3.05, 3.63) is 12.2 Å². The zero-order chi connectivity index (χ0) is 25.8. The standard InChI is InChI=1S/C28H58NO4P/c1-5-6-7-8-9-10-11-12-13-14-15-16-17-18-19-20-21-22-23-24-25-26-28(30,34(31,32)33)27-29(2,3)4/h18-19,30H,5-17,20-27H2,1-4H3,(H-,31,32,33)/p+1/b19-18-. The maximum Gasteiger partial charge on any atom is 0.362 e. The van der Waals surface area contributed by atoms with Gasteiger partial charge in [-0.2, -0.15) is 0 Å². The summed E-state index contributed by atoms with van der Waals surface area (Å²) in [6.45, 7) is 2.33. The molecule has 0 aliphatic heterocycles. The van der Waals surface area contributed by atoms with E-state index in [0.717, 1.165) is 32.1 Å². The van der Waals surface area contributed by atoms with E-state index in [9.17, 15) is 19.5 Å². The van der Waals surface area contributed by atoms with Crippen molar-refractivity contribution in [2.24, 2.45) is 0 Å². The molecule has 5 nitrogen and oxygen atoms in total. The molecule has 0 saturated heterocycles. The maximum atomic E-state index is 11.8. The van der Waals surface area contributed by atoms with E-state index in [1.807, 2.05) is 21.1 Å². The summed E-state index contributed by atoms with van der Waals surface area (Å²) in [4.78, 5) is 19.2. The summed E-state index contributed by atoms with van der Waals surface area (Å²) < 4.78 is 12.1. The largest absolute Gasteiger partial charge is 0.373 e. The Morgan fingerprint density at radius 3 is 1.35 bits per heavy atom. The van der Waals surface area contributed by atoms with Crippen LogP contribution in [0.25, 0.3) is 0 Å². The van der Waals surface area contributed by atoms with Crippen molar-refractivity contribution in [3.63, 3.8) is 0 Å². The van der Waals surface area contributed by atoms with Gasteiger partial charge in [-0.3, -0.25) is 4.57 Å². The van der Waals surface area contributed by atoms with Gasteiger partial charge in [-0.25, -0.2) is 0 Å². The average Bonchev–Trinajstić information content (AvgIpc) is 2.73. The van der Waals surface area contributed by atoms with Gasteiger partial charge in [-0.1, -0.05) is 109 Å². The van der Waals surface area contributed by atoms with Gasteiger partial charge in [-0.05, 0) is 38.5 Å². The van der Waals surface area contributed by atoms with E-state index >= 15 is 0 Å². The van der Waals surface area contributed by atoms with E-state index in [-0.39, 0.29) is 13.0 Å². The summed E-state index contributed by atoms with van der Waals surface area (Å²) in [5, 5.41) is 8.64. The van der Waals surface area contributed by atoms with Crippen LogP contribution in [0, 0.1) is 0 Å². The number of rotatable bonds is 24. The zero-order valence-electron chi connectivity index (χ0n) is 23.1. The molecule has 0 aliphatic carbocycles. The molecule has 0 spiro atoms. The number of unbranched alkanes of at least 4 members (excludes halogenated alkanes) is 17. The second-order valence-electron chi connectivity index (χ2n) is 11.4. The highest BCUT2D eigenvalue weighted by Crippen LogP contribution is 2.52. The highest BCUT2D eigenvalue weighted by Gasteiger charge is 2.48. The first-order valence-corrected chi connectivity index (χ1v) is 15.9. The van der Waals surface area contributed by atoms with Gasteiger partial charge < -0.3 is 19.4 Å². The number of hydrogen-bond donors (Lipinski definition) is 3. The lowest BCUT2D eigenvalue weighted by atomic mass is 10.0. The van der Waals surface area contributed by atoms with Crippen LogP contribution in [0.4, 0.5) is 0 Å². The molecule has 34 heavy (non-hydrogen) atoms. The molecule has 0 bridgehead atoms. The first-order chi connectivity index (χ1) is 16.0. The molecule has 6 heteroatoms. The fraction of sp³-hybridized carbons (Fsp3) is 0.929. The number of aliphatic hydroxyl groups is 1. The smallest absolute Gasteiger partial charge is 0.362 e. The van der Waals surface area contributed by atoms with Crippen LogP contribution in [0.1, 0.15) is 135 Å². The molecule has 0 heterocycles. The number of allylic oxidation sites excluding steroid dienone is 2. The first-order valence-electron chi connectivity index (χ1n) is 14.3. The molecule has 1 unspecified atom stereocenters. The second kappa shape index (κ2) is 19.9. The predicted octanol–water partition coefficient (Wildman–Crippen LogP) is 7.94. The van der Waals surface area contributed by atoms with E-state index in [2.05, 4.69) is 19.1 Å². The van der Waals surface area contributed by atoms with Crippen LogP contribution >= 0.6 is 7.60 Å². The summed E-state index contributed by atoms with van der Waals surface area (Å²) in [5.41, 5.74) is 0. The molecular weight excluding hydrogens is 445 g/mol. The second-order valence-corrected chi connectivity index (χ2v) is 13.4. The third kappa shape index (κ3) is 20.0. The van der Waals surface area contributed by atoms with E-state index in [1.54, 1.807) is 0 Å². The van der Waals surface area contributed by atoms with E-state index in [4.69, 9.17) is 0 Å². The van der Waals surface area contributed by atoms with Gasteiger partial charge in [0.2, 0.25) is 5.34 Å². The van der Waals surface area contributed by atoms with E-state index < -0.39 is 12.9 Å². The Balaban J connectivity index is 3.56. The van der Waals surface area contributed by atoms with Crippen LogP contribution < -0.4 is 0 Å². The van der Waals surface area contributed by atoms with Gasteiger partial charge >= 0.3 is 7.60 Å². The van der Waals surface area contributed by atoms with Crippen molar-refractivity contribution in [2.45, 2.75) is 141 Å². The van der Waals surface area contributed by atoms with Gasteiger partial charge in [0, 0.05) is 0 Å². The highest BCUT2D eigenvalue weighted by atomic mass is 31.2. The normalized spacial score (nSPS) is 14.7. The summed E-state index contributed by atoms with van der Waals surface area (Å²) in [6.07, 6.45) is 28.8. The topological polar surface area (TPSA) is 77.8 Å². The molecule has 0 aromatic heterocycles. The molecule has 0 amide bonds. The van der Waals surface area contributed by atoms with Crippen LogP contribution in [0.5, 0.6) is 0 Å². The molecule has 0 fully saturated rings.